The Morgan fingerprint density at radius 1 is 1.60 bits per heavy atom. The van der Waals surface area contributed by atoms with E-state index in [2.05, 4.69) is 17.3 Å². The smallest absolute Gasteiger partial charge is 0.250 e. The molecule has 1 amide bonds. The van der Waals surface area contributed by atoms with Crippen molar-refractivity contribution in [2.45, 2.75) is 6.42 Å². The van der Waals surface area contributed by atoms with Gasteiger partial charge in [0, 0.05) is 25.0 Å². The number of benzene rings is 1. The number of nitrogens with zero attached hydrogens (tertiary/aromatic N) is 1. The van der Waals surface area contributed by atoms with E-state index in [1.807, 2.05) is 18.2 Å². The summed E-state index contributed by atoms with van der Waals surface area (Å²) in [5, 5.41) is 11.2. The monoisotopic (exact) mass is 206 g/mol. The summed E-state index contributed by atoms with van der Waals surface area (Å²) in [4.78, 5) is 13.2. The highest BCUT2D eigenvalue weighted by Gasteiger charge is 2.15. The number of rotatable bonds is 2. The maximum Gasteiger partial charge on any atom is 0.250 e. The van der Waals surface area contributed by atoms with Gasteiger partial charge in [0.1, 0.15) is 6.61 Å². The molecule has 1 aliphatic heterocycles. The molecule has 1 aliphatic rings. The van der Waals surface area contributed by atoms with E-state index in [-0.39, 0.29) is 5.91 Å². The third-order valence-electron chi connectivity index (χ3n) is 2.63. The molecular weight excluding hydrogens is 192 g/mol. The number of hydrogen-bond donors (Lipinski definition) is 2. The van der Waals surface area contributed by atoms with Crippen LogP contribution in [0.5, 0.6) is 0 Å². The fourth-order valence-electron chi connectivity index (χ4n) is 1.85. The topological polar surface area (TPSA) is 52.6 Å². The molecule has 0 saturated carbocycles. The summed E-state index contributed by atoms with van der Waals surface area (Å²) in [6, 6.07) is 5.82. The van der Waals surface area contributed by atoms with Crippen molar-refractivity contribution in [3.63, 3.8) is 0 Å². The second-order valence-electron chi connectivity index (χ2n) is 3.72. The first kappa shape index (κ1) is 9.98. The number of carbonyl (C=O) groups is 1. The van der Waals surface area contributed by atoms with Crippen molar-refractivity contribution >= 4 is 17.3 Å². The maximum absolute atomic E-state index is 11.0. The Hall–Kier alpha value is -1.55. The first-order valence-electron chi connectivity index (χ1n) is 4.95. The molecule has 0 spiro atoms. The number of fused-ring (bicyclic) bond motifs is 1. The predicted molar refractivity (Wildman–Crippen MR) is 59.1 cm³/mol. The van der Waals surface area contributed by atoms with Gasteiger partial charge >= 0.3 is 0 Å². The number of aliphatic hydroxyl groups excluding tert-OH is 1. The summed E-state index contributed by atoms with van der Waals surface area (Å²) in [7, 11) is 2.05. The molecule has 1 aromatic rings. The largest absolute Gasteiger partial charge is 0.387 e. The molecule has 0 atom stereocenters. The van der Waals surface area contributed by atoms with Crippen LogP contribution in [-0.4, -0.2) is 31.2 Å². The van der Waals surface area contributed by atoms with Crippen LogP contribution in [0.15, 0.2) is 18.2 Å². The molecule has 0 aromatic heterocycles. The van der Waals surface area contributed by atoms with Crippen LogP contribution in [0.25, 0.3) is 0 Å². The van der Waals surface area contributed by atoms with E-state index in [4.69, 9.17) is 5.11 Å². The molecule has 2 rings (SSSR count). The van der Waals surface area contributed by atoms with Crippen molar-refractivity contribution in [1.29, 1.82) is 0 Å². The summed E-state index contributed by atoms with van der Waals surface area (Å²) in [5.41, 5.74) is 3.22. The lowest BCUT2D eigenvalue weighted by Gasteiger charge is -2.12. The van der Waals surface area contributed by atoms with Crippen LogP contribution in [0, 0.1) is 0 Å². The van der Waals surface area contributed by atoms with Crippen molar-refractivity contribution < 1.29 is 9.90 Å². The van der Waals surface area contributed by atoms with Crippen molar-refractivity contribution in [2.75, 3.05) is 30.4 Å². The molecule has 0 unspecified atom stereocenters. The van der Waals surface area contributed by atoms with Gasteiger partial charge in [-0.15, -0.1) is 0 Å². The minimum atomic E-state index is -0.475. The normalized spacial score (nSPS) is 13.9. The van der Waals surface area contributed by atoms with Crippen LogP contribution in [0.3, 0.4) is 0 Å². The summed E-state index contributed by atoms with van der Waals surface area (Å²) in [6.45, 7) is 0.545. The third-order valence-corrected chi connectivity index (χ3v) is 2.63. The highest BCUT2D eigenvalue weighted by atomic mass is 16.3. The van der Waals surface area contributed by atoms with Gasteiger partial charge in [-0.3, -0.25) is 4.79 Å². The summed E-state index contributed by atoms with van der Waals surface area (Å²) in [6.07, 6.45) is 1.01. The second kappa shape index (κ2) is 3.90. The van der Waals surface area contributed by atoms with Crippen molar-refractivity contribution in [3.05, 3.63) is 23.8 Å². The molecule has 15 heavy (non-hydrogen) atoms. The Kier molecular flexibility index (Phi) is 2.60. The Bertz CT molecular complexity index is 390. The molecule has 0 aliphatic carbocycles. The van der Waals surface area contributed by atoms with Crippen molar-refractivity contribution in [3.8, 4) is 0 Å². The Balaban J connectivity index is 2.19. The van der Waals surface area contributed by atoms with Gasteiger partial charge in [-0.1, -0.05) is 0 Å². The molecule has 1 heterocycles. The zero-order valence-corrected chi connectivity index (χ0v) is 8.66. The highest BCUT2D eigenvalue weighted by Crippen LogP contribution is 2.28. The number of aliphatic hydroxyl groups is 1. The molecule has 2 N–H and O–H groups in total. The highest BCUT2D eigenvalue weighted by molar-refractivity contribution is 5.92. The lowest BCUT2D eigenvalue weighted by atomic mass is 10.1. The van der Waals surface area contributed by atoms with Crippen molar-refractivity contribution in [1.82, 2.24) is 0 Å². The number of hydrogen-bond acceptors (Lipinski definition) is 3. The van der Waals surface area contributed by atoms with Crippen LogP contribution in [0.2, 0.25) is 0 Å². The summed E-state index contributed by atoms with van der Waals surface area (Å²) < 4.78 is 0. The van der Waals surface area contributed by atoms with Crippen LogP contribution in [-0.2, 0) is 11.2 Å². The zero-order valence-electron chi connectivity index (χ0n) is 8.66. The first-order chi connectivity index (χ1) is 7.20. The van der Waals surface area contributed by atoms with Gasteiger partial charge in [0.15, 0.2) is 0 Å². The predicted octanol–water partition coefficient (Wildman–Crippen LogP) is 0.610. The Labute approximate surface area is 88.5 Å². The molecule has 80 valence electrons. The molecule has 4 heteroatoms. The standard InChI is InChI=1S/C11H14N2O2/c1-13-5-4-8-6-9(2-3-10(8)13)12-11(15)7-14/h2-3,6,14H,4-5,7H2,1H3,(H,12,15). The van der Waals surface area contributed by atoms with Crippen LogP contribution < -0.4 is 10.2 Å². The van der Waals surface area contributed by atoms with E-state index in [0.717, 1.165) is 18.7 Å². The van der Waals surface area contributed by atoms with Gasteiger partial charge in [0.25, 0.3) is 0 Å². The van der Waals surface area contributed by atoms with Gasteiger partial charge < -0.3 is 15.3 Å². The van der Waals surface area contributed by atoms with E-state index in [1.54, 1.807) is 0 Å². The van der Waals surface area contributed by atoms with E-state index >= 15 is 0 Å². The first-order valence-corrected chi connectivity index (χ1v) is 4.95. The minimum absolute atomic E-state index is 0.374. The van der Waals surface area contributed by atoms with Crippen LogP contribution in [0.4, 0.5) is 11.4 Å². The lowest BCUT2D eigenvalue weighted by Crippen LogP contribution is -2.15. The molecule has 0 bridgehead atoms. The van der Waals surface area contributed by atoms with E-state index in [0.29, 0.717) is 0 Å². The van der Waals surface area contributed by atoms with Crippen LogP contribution >= 0.6 is 0 Å². The molecule has 0 fully saturated rings. The number of anilines is 2. The van der Waals surface area contributed by atoms with E-state index < -0.39 is 6.61 Å². The minimum Gasteiger partial charge on any atom is -0.387 e. The molecule has 1 aromatic carbocycles. The quantitative estimate of drug-likeness (QED) is 0.745. The van der Waals surface area contributed by atoms with Gasteiger partial charge in [0.2, 0.25) is 5.91 Å². The fraction of sp³-hybridized carbons (Fsp3) is 0.364. The number of amides is 1. The molecule has 0 saturated heterocycles. The fourth-order valence-corrected chi connectivity index (χ4v) is 1.85. The van der Waals surface area contributed by atoms with Gasteiger partial charge in [-0.05, 0) is 30.2 Å². The SMILES string of the molecule is CN1CCc2cc(NC(=O)CO)ccc21. The van der Waals surface area contributed by atoms with Crippen molar-refractivity contribution in [2.24, 2.45) is 0 Å². The number of nitrogens with one attached hydrogen (secondary N) is 1. The van der Waals surface area contributed by atoms with Gasteiger partial charge in [-0.2, -0.15) is 0 Å². The number of carbonyl (C=O) groups excluding carboxylic acids is 1. The summed E-state index contributed by atoms with van der Waals surface area (Å²) in [5.74, 6) is -0.374. The molecule has 0 radical (unpaired) electrons. The van der Waals surface area contributed by atoms with Gasteiger partial charge in [0.05, 0.1) is 0 Å². The molecule has 4 nitrogen and oxygen atoms in total. The third kappa shape index (κ3) is 1.94. The average Bonchev–Trinajstić information content (AvgIpc) is 2.60. The lowest BCUT2D eigenvalue weighted by molar-refractivity contribution is -0.118. The number of likely N-dealkylation sites (N-methyl/N-ethyl adjacent to an activating group) is 1. The Morgan fingerprint density at radius 3 is 3.13 bits per heavy atom. The Morgan fingerprint density at radius 2 is 2.40 bits per heavy atom. The van der Waals surface area contributed by atoms with E-state index in [9.17, 15) is 4.79 Å². The second-order valence-corrected chi connectivity index (χ2v) is 3.72. The van der Waals surface area contributed by atoms with Gasteiger partial charge in [-0.25, -0.2) is 0 Å². The maximum atomic E-state index is 11.0. The molecular formula is C11H14N2O2. The zero-order chi connectivity index (χ0) is 10.8. The summed E-state index contributed by atoms with van der Waals surface area (Å²) >= 11 is 0. The van der Waals surface area contributed by atoms with E-state index in [1.165, 1.54) is 11.3 Å². The van der Waals surface area contributed by atoms with Crippen LogP contribution in [0.1, 0.15) is 5.56 Å². The average molecular weight is 206 g/mol.